The smallest absolute Gasteiger partial charge is 0.192 e. The molecule has 82 valence electrons. The van der Waals surface area contributed by atoms with Crippen LogP contribution in [0.2, 0.25) is 18.1 Å². The first-order valence-electron chi connectivity index (χ1n) is 5.58. The second kappa shape index (κ2) is 3.82. The maximum Gasteiger partial charge on any atom is 0.192 e. The Kier molecular flexibility index (Phi) is 3.27. The molecule has 0 N–H and O–H groups in total. The van der Waals surface area contributed by atoms with Gasteiger partial charge >= 0.3 is 0 Å². The van der Waals surface area contributed by atoms with Gasteiger partial charge < -0.3 is 4.43 Å². The Bertz CT molecular complexity index is 225. The lowest BCUT2D eigenvalue weighted by Gasteiger charge is -2.39. The third-order valence-corrected chi connectivity index (χ3v) is 8.11. The van der Waals surface area contributed by atoms with E-state index < -0.39 is 8.32 Å². The van der Waals surface area contributed by atoms with Crippen molar-refractivity contribution in [1.82, 2.24) is 0 Å². The van der Waals surface area contributed by atoms with Crippen LogP contribution in [-0.2, 0) is 4.43 Å². The summed E-state index contributed by atoms with van der Waals surface area (Å²) in [7, 11) is -1.56. The van der Waals surface area contributed by atoms with Gasteiger partial charge in [-0.25, -0.2) is 0 Å². The molecule has 0 radical (unpaired) electrons. The Morgan fingerprint density at radius 1 is 1.29 bits per heavy atom. The van der Waals surface area contributed by atoms with Crippen molar-refractivity contribution in [1.29, 1.82) is 0 Å². The summed E-state index contributed by atoms with van der Waals surface area (Å²) in [4.78, 5) is 0. The molecule has 2 atom stereocenters. The minimum absolute atomic E-state index is 0.323. The fraction of sp³-hybridized carbons (Fsp3) is 0.833. The molecule has 1 aliphatic carbocycles. The maximum absolute atomic E-state index is 6.33. The molecule has 2 unspecified atom stereocenters. The second-order valence-electron chi connectivity index (χ2n) is 5.98. The normalized spacial score (nSPS) is 28.4. The van der Waals surface area contributed by atoms with Crippen LogP contribution >= 0.6 is 0 Å². The summed E-state index contributed by atoms with van der Waals surface area (Å²) in [5, 5.41) is 0.323. The molecule has 1 rings (SSSR count). The Balaban J connectivity index is 2.63. The zero-order valence-electron chi connectivity index (χ0n) is 10.4. The summed E-state index contributed by atoms with van der Waals surface area (Å²) in [5.41, 5.74) is 0. The molecule has 0 aromatic carbocycles. The van der Waals surface area contributed by atoms with Crippen molar-refractivity contribution in [3.63, 3.8) is 0 Å². The largest absolute Gasteiger partial charge is 0.410 e. The minimum Gasteiger partial charge on any atom is -0.410 e. The van der Waals surface area contributed by atoms with Gasteiger partial charge in [-0.2, -0.15) is 0 Å². The van der Waals surface area contributed by atoms with Crippen molar-refractivity contribution >= 4 is 8.32 Å². The van der Waals surface area contributed by atoms with Crippen LogP contribution in [0.15, 0.2) is 12.2 Å². The molecule has 0 bridgehead atoms. The molecule has 0 fully saturated rings. The molecule has 0 amide bonds. The highest BCUT2D eigenvalue weighted by atomic mass is 28.4. The van der Waals surface area contributed by atoms with Crippen LogP contribution in [0.25, 0.3) is 0 Å². The molecule has 1 nitrogen and oxygen atoms in total. The predicted octanol–water partition coefficient (Wildman–Crippen LogP) is 3.97. The fourth-order valence-corrected chi connectivity index (χ4v) is 2.77. The summed E-state index contributed by atoms with van der Waals surface area (Å²) < 4.78 is 6.33. The summed E-state index contributed by atoms with van der Waals surface area (Å²) >= 11 is 0. The van der Waals surface area contributed by atoms with E-state index in [9.17, 15) is 0 Å². The molecule has 0 heterocycles. The molecule has 2 heteroatoms. The molecule has 0 aromatic heterocycles. The van der Waals surface area contributed by atoms with Gasteiger partial charge in [0.15, 0.2) is 8.32 Å². The third kappa shape index (κ3) is 2.48. The number of hydrogen-bond donors (Lipinski definition) is 0. The van der Waals surface area contributed by atoms with Crippen LogP contribution in [0.1, 0.15) is 34.1 Å². The van der Waals surface area contributed by atoms with Crippen molar-refractivity contribution in [2.75, 3.05) is 0 Å². The standard InChI is InChI=1S/C12H24OSi/c1-10-8-7-9-11(10)13-14(5,6)12(2,3)4/h7,9-11H,8H2,1-6H3. The first kappa shape index (κ1) is 12.0. The fourth-order valence-electron chi connectivity index (χ4n) is 1.42. The maximum atomic E-state index is 6.33. The molecule has 1 aliphatic rings. The highest BCUT2D eigenvalue weighted by Crippen LogP contribution is 2.39. The van der Waals surface area contributed by atoms with E-state index in [4.69, 9.17) is 4.43 Å². The number of rotatable bonds is 2. The van der Waals surface area contributed by atoms with Crippen LogP contribution in [-0.4, -0.2) is 14.4 Å². The van der Waals surface area contributed by atoms with Crippen molar-refractivity contribution in [2.24, 2.45) is 5.92 Å². The van der Waals surface area contributed by atoms with E-state index in [1.807, 2.05) is 0 Å². The van der Waals surface area contributed by atoms with Crippen LogP contribution in [0.4, 0.5) is 0 Å². The topological polar surface area (TPSA) is 9.23 Å². The van der Waals surface area contributed by atoms with Crippen molar-refractivity contribution in [3.05, 3.63) is 12.2 Å². The Hall–Kier alpha value is -0.0831. The highest BCUT2D eigenvalue weighted by Gasteiger charge is 2.40. The van der Waals surface area contributed by atoms with Gasteiger partial charge in [-0.1, -0.05) is 39.8 Å². The lowest BCUT2D eigenvalue weighted by atomic mass is 10.1. The SMILES string of the molecule is CC1CC=CC1O[Si](C)(C)C(C)(C)C. The quantitative estimate of drug-likeness (QED) is 0.497. The third-order valence-electron chi connectivity index (χ3n) is 3.63. The average Bonchev–Trinajstić information content (AvgIpc) is 2.33. The zero-order chi connectivity index (χ0) is 11.0. The predicted molar refractivity (Wildman–Crippen MR) is 65.0 cm³/mol. The van der Waals surface area contributed by atoms with E-state index in [0.717, 1.165) is 0 Å². The van der Waals surface area contributed by atoms with Gasteiger partial charge in [-0.05, 0) is 30.5 Å². The van der Waals surface area contributed by atoms with Crippen LogP contribution < -0.4 is 0 Å². The second-order valence-corrected chi connectivity index (χ2v) is 10.7. The molecule has 14 heavy (non-hydrogen) atoms. The number of hydrogen-bond acceptors (Lipinski definition) is 1. The van der Waals surface area contributed by atoms with Crippen LogP contribution in [0.3, 0.4) is 0 Å². The summed E-state index contributed by atoms with van der Waals surface area (Å²) in [6.07, 6.45) is 6.04. The molecular formula is C12H24OSi. The van der Waals surface area contributed by atoms with E-state index in [2.05, 4.69) is 52.9 Å². The molecule has 0 aliphatic heterocycles. The highest BCUT2D eigenvalue weighted by molar-refractivity contribution is 6.74. The Morgan fingerprint density at radius 2 is 1.86 bits per heavy atom. The molecule has 0 saturated heterocycles. The van der Waals surface area contributed by atoms with Crippen molar-refractivity contribution in [2.45, 2.75) is 58.4 Å². The summed E-state index contributed by atoms with van der Waals surface area (Å²) in [5.74, 6) is 0.670. The van der Waals surface area contributed by atoms with Gasteiger partial charge in [-0.3, -0.25) is 0 Å². The molecule has 0 aromatic rings. The van der Waals surface area contributed by atoms with E-state index in [0.29, 0.717) is 17.1 Å². The molecular weight excluding hydrogens is 188 g/mol. The van der Waals surface area contributed by atoms with E-state index in [1.165, 1.54) is 6.42 Å². The van der Waals surface area contributed by atoms with Gasteiger partial charge in [0.05, 0.1) is 6.10 Å². The first-order chi connectivity index (χ1) is 6.24. The van der Waals surface area contributed by atoms with Crippen LogP contribution in [0.5, 0.6) is 0 Å². The summed E-state index contributed by atoms with van der Waals surface area (Å²) in [6.45, 7) is 13.8. The Morgan fingerprint density at radius 3 is 2.21 bits per heavy atom. The van der Waals surface area contributed by atoms with E-state index in [-0.39, 0.29) is 0 Å². The van der Waals surface area contributed by atoms with Gasteiger partial charge in [0.1, 0.15) is 0 Å². The lowest BCUT2D eigenvalue weighted by Crippen LogP contribution is -2.44. The van der Waals surface area contributed by atoms with Crippen molar-refractivity contribution < 1.29 is 4.43 Å². The van der Waals surface area contributed by atoms with E-state index >= 15 is 0 Å². The molecule has 0 spiro atoms. The van der Waals surface area contributed by atoms with Crippen molar-refractivity contribution in [3.8, 4) is 0 Å². The average molecular weight is 212 g/mol. The van der Waals surface area contributed by atoms with Gasteiger partial charge in [0, 0.05) is 0 Å². The van der Waals surface area contributed by atoms with Crippen LogP contribution in [0, 0.1) is 5.92 Å². The summed E-state index contributed by atoms with van der Waals surface area (Å²) in [6, 6.07) is 0. The van der Waals surface area contributed by atoms with Gasteiger partial charge in [0.2, 0.25) is 0 Å². The van der Waals surface area contributed by atoms with Gasteiger partial charge in [0.25, 0.3) is 0 Å². The van der Waals surface area contributed by atoms with Gasteiger partial charge in [-0.15, -0.1) is 0 Å². The monoisotopic (exact) mass is 212 g/mol. The zero-order valence-corrected chi connectivity index (χ0v) is 11.4. The first-order valence-corrected chi connectivity index (χ1v) is 8.49. The minimum atomic E-state index is -1.56. The molecule has 0 saturated carbocycles. The lowest BCUT2D eigenvalue weighted by molar-refractivity contribution is 0.180. The number of allylic oxidation sites excluding steroid dienone is 1. The Labute approximate surface area is 89.7 Å². The van der Waals surface area contributed by atoms with E-state index in [1.54, 1.807) is 0 Å².